The largest absolute Gasteiger partial charge is 0.468 e. The Morgan fingerprint density at radius 3 is 1.86 bits per heavy atom. The summed E-state index contributed by atoms with van der Waals surface area (Å²) in [6, 6.07) is 0. The summed E-state index contributed by atoms with van der Waals surface area (Å²) in [5, 5.41) is 0. The number of hydrogen-bond donors (Lipinski definition) is 0. The van der Waals surface area contributed by atoms with E-state index in [-0.39, 0.29) is 0 Å². The molecule has 0 aliphatic heterocycles. The zero-order valence-electron chi connectivity index (χ0n) is 4.27. The van der Waals surface area contributed by atoms with Crippen LogP contribution >= 0.6 is 15.9 Å². The van der Waals surface area contributed by atoms with Crippen molar-refractivity contribution in [1.82, 2.24) is 0 Å². The second-order valence-corrected chi connectivity index (χ2v) is 1.29. The van der Waals surface area contributed by atoms with Crippen molar-refractivity contribution in [3.8, 4) is 0 Å². The van der Waals surface area contributed by atoms with Crippen molar-refractivity contribution in [1.29, 1.82) is 0 Å². The summed E-state index contributed by atoms with van der Waals surface area (Å²) < 4.78 is 9.28. The van der Waals surface area contributed by atoms with Crippen molar-refractivity contribution in [2.75, 3.05) is 14.2 Å². The molecule has 0 spiro atoms. The molecule has 0 heterocycles. The molecule has 0 atom stereocenters. The molecule has 7 heavy (non-hydrogen) atoms. The molecule has 0 radical (unpaired) electrons. The number of ether oxygens (including phenoxy) is 2. The van der Waals surface area contributed by atoms with E-state index in [0.29, 0.717) is 5.95 Å². The fourth-order valence-corrected chi connectivity index (χ4v) is 0.546. The first-order valence-corrected chi connectivity index (χ1v) is 2.65. The Kier molecular flexibility index (Phi) is 3.89. The quantitative estimate of drug-likeness (QED) is 0.579. The minimum Gasteiger partial charge on any atom is -0.468 e. The van der Waals surface area contributed by atoms with Gasteiger partial charge in [0.05, 0.1) is 19.2 Å². The number of rotatable bonds is 2. The topological polar surface area (TPSA) is 18.5 Å². The van der Waals surface area contributed by atoms with Crippen molar-refractivity contribution in [2.24, 2.45) is 0 Å². The lowest BCUT2D eigenvalue weighted by Gasteiger charge is -1.98. The third-order valence-corrected chi connectivity index (χ3v) is 0.865. The Hall–Kier alpha value is -0.180. The van der Waals surface area contributed by atoms with Gasteiger partial charge in [-0.3, -0.25) is 0 Å². The molecular weight excluding hydrogens is 160 g/mol. The van der Waals surface area contributed by atoms with Crippen LogP contribution in [0.4, 0.5) is 0 Å². The zero-order chi connectivity index (χ0) is 5.70. The minimum atomic E-state index is 0.472. The van der Waals surface area contributed by atoms with Gasteiger partial charge in [0.15, 0.2) is 0 Å². The Morgan fingerprint density at radius 2 is 1.86 bits per heavy atom. The molecule has 0 aliphatic rings. The lowest BCUT2D eigenvalue weighted by atomic mass is 11.0. The first-order valence-electron chi connectivity index (χ1n) is 1.73. The van der Waals surface area contributed by atoms with Crippen LogP contribution in [-0.2, 0) is 9.47 Å². The third kappa shape index (κ3) is 2.51. The average molecular weight is 167 g/mol. The Morgan fingerprint density at radius 1 is 1.43 bits per heavy atom. The van der Waals surface area contributed by atoms with Crippen LogP contribution in [0.15, 0.2) is 10.9 Å². The monoisotopic (exact) mass is 166 g/mol. The van der Waals surface area contributed by atoms with Crippen LogP contribution in [0.25, 0.3) is 0 Å². The molecule has 0 amide bonds. The molecule has 0 aromatic rings. The molecule has 42 valence electrons. The van der Waals surface area contributed by atoms with E-state index < -0.39 is 0 Å². The van der Waals surface area contributed by atoms with E-state index in [4.69, 9.17) is 0 Å². The summed E-state index contributed by atoms with van der Waals surface area (Å²) >= 11 is 3.02. The molecule has 0 aromatic heterocycles. The van der Waals surface area contributed by atoms with Gasteiger partial charge < -0.3 is 9.47 Å². The molecule has 0 N–H and O–H groups in total. The van der Waals surface area contributed by atoms with Crippen LogP contribution in [0.3, 0.4) is 0 Å². The lowest BCUT2D eigenvalue weighted by Crippen LogP contribution is -1.85. The van der Waals surface area contributed by atoms with E-state index in [9.17, 15) is 0 Å². The summed E-state index contributed by atoms with van der Waals surface area (Å²) in [4.78, 5) is 1.56. The van der Waals surface area contributed by atoms with Gasteiger partial charge in [0.2, 0.25) is 0 Å². The van der Waals surface area contributed by atoms with Crippen molar-refractivity contribution in [3.05, 3.63) is 10.9 Å². The molecule has 0 aromatic carbocycles. The maximum Gasteiger partial charge on any atom is 0.285 e. The molecule has 3 heteroatoms. The van der Waals surface area contributed by atoms with Crippen LogP contribution in [-0.4, -0.2) is 14.2 Å². The van der Waals surface area contributed by atoms with Gasteiger partial charge in [-0.2, -0.15) is 0 Å². The second kappa shape index (κ2) is 3.99. The number of halogens is 1. The molecular formula is C4H7BrO2. The van der Waals surface area contributed by atoms with Gasteiger partial charge in [0, 0.05) is 0 Å². The van der Waals surface area contributed by atoms with Crippen molar-refractivity contribution < 1.29 is 9.47 Å². The molecule has 0 saturated heterocycles. The maximum atomic E-state index is 4.64. The molecule has 0 rings (SSSR count). The number of hydrogen-bond acceptors (Lipinski definition) is 2. The summed E-state index contributed by atoms with van der Waals surface area (Å²) in [5.41, 5.74) is 0. The van der Waals surface area contributed by atoms with Crippen LogP contribution in [0.5, 0.6) is 0 Å². The highest BCUT2D eigenvalue weighted by molar-refractivity contribution is 9.11. The van der Waals surface area contributed by atoms with Gasteiger partial charge in [-0.25, -0.2) is 0 Å². The molecule has 0 bridgehead atoms. The first-order chi connectivity index (χ1) is 3.35. The average Bonchev–Trinajstić information content (AvgIpc) is 1.72. The standard InChI is InChI=1S/C4H7BrO2/c1-6-4(3-5)7-2/h3H,1-2H3. The van der Waals surface area contributed by atoms with Gasteiger partial charge in [-0.05, 0) is 0 Å². The van der Waals surface area contributed by atoms with Gasteiger partial charge in [0.25, 0.3) is 5.95 Å². The summed E-state index contributed by atoms with van der Waals surface area (Å²) in [7, 11) is 3.08. The van der Waals surface area contributed by atoms with E-state index in [0.717, 1.165) is 0 Å². The van der Waals surface area contributed by atoms with Crippen molar-refractivity contribution in [2.45, 2.75) is 0 Å². The van der Waals surface area contributed by atoms with Crippen LogP contribution < -0.4 is 0 Å². The third-order valence-electron chi connectivity index (χ3n) is 0.491. The van der Waals surface area contributed by atoms with E-state index in [1.165, 1.54) is 14.2 Å². The highest BCUT2D eigenvalue weighted by Gasteiger charge is 1.84. The molecule has 0 aliphatic carbocycles. The number of methoxy groups -OCH3 is 2. The van der Waals surface area contributed by atoms with Crippen LogP contribution in [0.2, 0.25) is 0 Å². The summed E-state index contributed by atoms with van der Waals surface area (Å²) in [6.07, 6.45) is 0. The summed E-state index contributed by atoms with van der Waals surface area (Å²) in [5.74, 6) is 0.472. The van der Waals surface area contributed by atoms with E-state index >= 15 is 0 Å². The molecule has 0 unspecified atom stereocenters. The lowest BCUT2D eigenvalue weighted by molar-refractivity contribution is 0.0969. The van der Waals surface area contributed by atoms with E-state index in [2.05, 4.69) is 25.4 Å². The Labute approximate surface area is 51.2 Å². The Balaban J connectivity index is 3.38. The van der Waals surface area contributed by atoms with Gasteiger partial charge in [-0.15, -0.1) is 0 Å². The van der Waals surface area contributed by atoms with Crippen molar-refractivity contribution >= 4 is 15.9 Å². The zero-order valence-corrected chi connectivity index (χ0v) is 5.86. The maximum absolute atomic E-state index is 4.64. The van der Waals surface area contributed by atoms with Crippen LogP contribution in [0, 0.1) is 0 Å². The highest BCUT2D eigenvalue weighted by Crippen LogP contribution is 1.97. The predicted molar refractivity (Wildman–Crippen MR) is 31.0 cm³/mol. The second-order valence-electron chi connectivity index (χ2n) is 0.836. The normalized spacial score (nSPS) is 7.29. The van der Waals surface area contributed by atoms with Crippen LogP contribution in [0.1, 0.15) is 0 Å². The van der Waals surface area contributed by atoms with E-state index in [1.54, 1.807) is 4.99 Å². The Bertz CT molecular complexity index is 64.1. The molecule has 0 fully saturated rings. The van der Waals surface area contributed by atoms with Crippen molar-refractivity contribution in [3.63, 3.8) is 0 Å². The van der Waals surface area contributed by atoms with Gasteiger partial charge in [0.1, 0.15) is 0 Å². The fourth-order valence-electron chi connectivity index (χ4n) is 0.172. The van der Waals surface area contributed by atoms with Gasteiger partial charge >= 0.3 is 0 Å². The molecule has 2 nitrogen and oxygen atoms in total. The minimum absolute atomic E-state index is 0.472. The molecule has 0 saturated carbocycles. The van der Waals surface area contributed by atoms with Gasteiger partial charge in [-0.1, -0.05) is 15.9 Å². The fraction of sp³-hybridized carbons (Fsp3) is 0.500. The van der Waals surface area contributed by atoms with E-state index in [1.807, 2.05) is 0 Å². The first kappa shape index (κ1) is 6.82. The highest BCUT2D eigenvalue weighted by atomic mass is 79.9. The predicted octanol–water partition coefficient (Wildman–Crippen LogP) is 1.47. The SMILES string of the molecule is COC(=CBr)OC. The summed E-state index contributed by atoms with van der Waals surface area (Å²) in [6.45, 7) is 0. The smallest absolute Gasteiger partial charge is 0.285 e.